The van der Waals surface area contributed by atoms with E-state index in [1.165, 1.54) is 48.8 Å². The molecule has 2 aliphatic carbocycles. The van der Waals surface area contributed by atoms with Crippen molar-refractivity contribution in [2.45, 2.75) is 103 Å². The molecular formula is C32H44O. The molecule has 1 atom stereocenters. The van der Waals surface area contributed by atoms with Crippen molar-refractivity contribution >= 4 is 5.78 Å². The van der Waals surface area contributed by atoms with Crippen molar-refractivity contribution in [2.24, 2.45) is 5.92 Å². The third-order valence-corrected chi connectivity index (χ3v) is 7.54. The smallest absolute Gasteiger partial charge is 0.166 e. The molecule has 0 saturated heterocycles. The Morgan fingerprint density at radius 1 is 1.09 bits per heavy atom. The van der Waals surface area contributed by atoms with Crippen molar-refractivity contribution in [3.63, 3.8) is 0 Å². The third-order valence-electron chi connectivity index (χ3n) is 7.54. The van der Waals surface area contributed by atoms with Gasteiger partial charge in [-0.3, -0.25) is 4.79 Å². The van der Waals surface area contributed by atoms with Gasteiger partial charge < -0.3 is 0 Å². The Balaban J connectivity index is 1.89. The van der Waals surface area contributed by atoms with Gasteiger partial charge in [0.15, 0.2) is 5.78 Å². The normalized spacial score (nSPS) is 18.2. The first kappa shape index (κ1) is 25.5. The van der Waals surface area contributed by atoms with Gasteiger partial charge in [0.05, 0.1) is 5.92 Å². The lowest BCUT2D eigenvalue weighted by molar-refractivity contribution is -0.117. The summed E-state index contributed by atoms with van der Waals surface area (Å²) in [7, 11) is 0. The fourth-order valence-corrected chi connectivity index (χ4v) is 5.66. The van der Waals surface area contributed by atoms with Crippen LogP contribution in [0.15, 0.2) is 71.9 Å². The van der Waals surface area contributed by atoms with Crippen LogP contribution >= 0.6 is 0 Å². The summed E-state index contributed by atoms with van der Waals surface area (Å²) in [6.07, 6.45) is 21.5. The first-order valence-electron chi connectivity index (χ1n) is 13.4. The van der Waals surface area contributed by atoms with Crippen molar-refractivity contribution in [1.29, 1.82) is 0 Å². The highest BCUT2D eigenvalue weighted by Gasteiger charge is 2.28. The molecule has 1 unspecified atom stereocenters. The van der Waals surface area contributed by atoms with Crippen LogP contribution in [-0.2, 0) is 4.79 Å². The summed E-state index contributed by atoms with van der Waals surface area (Å²) < 4.78 is 0. The zero-order valence-corrected chi connectivity index (χ0v) is 21.2. The number of carbonyl (C=O) groups excluding carboxylic acids is 1. The van der Waals surface area contributed by atoms with Crippen LogP contribution in [0.2, 0.25) is 0 Å². The van der Waals surface area contributed by atoms with Gasteiger partial charge in [0.25, 0.3) is 0 Å². The Hall–Kier alpha value is -2.15. The summed E-state index contributed by atoms with van der Waals surface area (Å²) in [4.78, 5) is 14.0. The Morgan fingerprint density at radius 2 is 1.82 bits per heavy atom. The van der Waals surface area contributed by atoms with E-state index in [1.54, 1.807) is 11.6 Å². The van der Waals surface area contributed by atoms with Crippen molar-refractivity contribution in [1.82, 2.24) is 0 Å². The van der Waals surface area contributed by atoms with Crippen LogP contribution in [0.5, 0.6) is 0 Å². The number of allylic oxidation sites excluding steroid dienone is 7. The molecule has 1 heteroatoms. The molecule has 1 fully saturated rings. The van der Waals surface area contributed by atoms with Crippen LogP contribution in [-0.4, -0.2) is 5.78 Å². The molecule has 0 bridgehead atoms. The van der Waals surface area contributed by atoms with E-state index in [-0.39, 0.29) is 5.92 Å². The fourth-order valence-electron chi connectivity index (χ4n) is 5.66. The lowest BCUT2D eigenvalue weighted by atomic mass is 9.79. The first-order valence-corrected chi connectivity index (χ1v) is 13.4. The molecule has 0 aromatic heterocycles. The predicted octanol–water partition coefficient (Wildman–Crippen LogP) is 9.38. The molecular weight excluding hydrogens is 400 g/mol. The van der Waals surface area contributed by atoms with Crippen LogP contribution in [0, 0.1) is 5.92 Å². The maximum atomic E-state index is 14.0. The van der Waals surface area contributed by atoms with E-state index in [1.807, 2.05) is 6.08 Å². The highest BCUT2D eigenvalue weighted by atomic mass is 16.1. The molecule has 3 rings (SSSR count). The summed E-state index contributed by atoms with van der Waals surface area (Å²) in [5, 5.41) is 0. The Morgan fingerprint density at radius 3 is 2.48 bits per heavy atom. The molecule has 0 heterocycles. The van der Waals surface area contributed by atoms with Gasteiger partial charge in [-0.2, -0.15) is 0 Å². The highest BCUT2D eigenvalue weighted by molar-refractivity contribution is 6.01. The summed E-state index contributed by atoms with van der Waals surface area (Å²) in [6, 6.07) is 8.61. The average molecular weight is 445 g/mol. The van der Waals surface area contributed by atoms with Crippen molar-refractivity contribution in [3.8, 4) is 0 Å². The van der Waals surface area contributed by atoms with Gasteiger partial charge in [-0.15, -0.1) is 0 Å². The van der Waals surface area contributed by atoms with Crippen LogP contribution in [0.1, 0.15) is 114 Å². The van der Waals surface area contributed by atoms with Gasteiger partial charge in [0.2, 0.25) is 0 Å². The summed E-state index contributed by atoms with van der Waals surface area (Å²) in [5.41, 5.74) is 6.43. The van der Waals surface area contributed by atoms with E-state index >= 15 is 0 Å². The number of unbranched alkanes of at least 4 members (excludes halogenated alkanes) is 2. The van der Waals surface area contributed by atoms with Gasteiger partial charge >= 0.3 is 0 Å². The van der Waals surface area contributed by atoms with E-state index in [0.717, 1.165) is 50.0 Å². The molecule has 1 saturated carbocycles. The number of hydrogen-bond donors (Lipinski definition) is 0. The molecule has 178 valence electrons. The van der Waals surface area contributed by atoms with Crippen molar-refractivity contribution < 1.29 is 4.79 Å². The molecule has 0 N–H and O–H groups in total. The minimum Gasteiger partial charge on any atom is -0.294 e. The number of rotatable bonds is 12. The summed E-state index contributed by atoms with van der Waals surface area (Å²) in [5.74, 6) is 1.33. The Kier molecular flexibility index (Phi) is 9.97. The zero-order chi connectivity index (χ0) is 23.6. The van der Waals surface area contributed by atoms with Gasteiger partial charge in [-0.25, -0.2) is 0 Å². The van der Waals surface area contributed by atoms with Crippen LogP contribution in [0.4, 0.5) is 0 Å². The molecule has 0 radical (unpaired) electrons. The zero-order valence-electron chi connectivity index (χ0n) is 21.2. The van der Waals surface area contributed by atoms with Gasteiger partial charge in [-0.05, 0) is 67.1 Å². The number of hydrogen-bond acceptors (Lipinski definition) is 1. The van der Waals surface area contributed by atoms with Gasteiger partial charge in [0.1, 0.15) is 0 Å². The molecule has 2 aliphatic rings. The SMILES string of the molecule is C=C/C=C(\CCCCC)C(=O)C(CC1=CCC(C2CCCCC2)=C1)c1ccccc1C(C)C. The average Bonchev–Trinajstić information content (AvgIpc) is 3.31. The van der Waals surface area contributed by atoms with Crippen molar-refractivity contribution in [3.05, 3.63) is 83.0 Å². The third kappa shape index (κ3) is 6.92. The fraction of sp³-hybridized carbons (Fsp3) is 0.531. The van der Waals surface area contributed by atoms with E-state index in [9.17, 15) is 4.79 Å². The topological polar surface area (TPSA) is 17.1 Å². The Bertz CT molecular complexity index is 889. The molecule has 1 aromatic carbocycles. The highest BCUT2D eigenvalue weighted by Crippen LogP contribution is 2.39. The molecule has 0 amide bonds. The number of ketones is 1. The van der Waals surface area contributed by atoms with E-state index in [0.29, 0.717) is 11.7 Å². The monoisotopic (exact) mass is 444 g/mol. The maximum absolute atomic E-state index is 14.0. The standard InChI is InChI=1S/C32H44O/c1-5-7-9-17-27(14-6-2)32(33)31(30-19-13-12-18-29(30)24(3)4)23-25-20-21-28(22-25)26-15-10-8-11-16-26/h6,12-14,18-20,22,24,26,31H,2,5,7-11,15-17,21,23H2,1,3-4H3/b27-14+. The lowest BCUT2D eigenvalue weighted by Gasteiger charge is -2.24. The molecule has 33 heavy (non-hydrogen) atoms. The number of benzene rings is 1. The maximum Gasteiger partial charge on any atom is 0.166 e. The van der Waals surface area contributed by atoms with E-state index < -0.39 is 0 Å². The quantitative estimate of drug-likeness (QED) is 0.178. The van der Waals surface area contributed by atoms with Gasteiger partial charge in [-0.1, -0.05) is 119 Å². The molecule has 1 nitrogen and oxygen atoms in total. The Labute approximate surface area is 202 Å². The van der Waals surface area contributed by atoms with Crippen LogP contribution < -0.4 is 0 Å². The van der Waals surface area contributed by atoms with Crippen LogP contribution in [0.25, 0.3) is 0 Å². The number of carbonyl (C=O) groups is 1. The minimum absolute atomic E-state index is 0.121. The van der Waals surface area contributed by atoms with Crippen molar-refractivity contribution in [2.75, 3.05) is 0 Å². The summed E-state index contributed by atoms with van der Waals surface area (Å²) in [6.45, 7) is 10.6. The lowest BCUT2D eigenvalue weighted by Crippen LogP contribution is -2.18. The predicted molar refractivity (Wildman–Crippen MR) is 143 cm³/mol. The summed E-state index contributed by atoms with van der Waals surface area (Å²) >= 11 is 0. The molecule has 0 spiro atoms. The van der Waals surface area contributed by atoms with Crippen LogP contribution in [0.3, 0.4) is 0 Å². The van der Waals surface area contributed by atoms with E-state index in [4.69, 9.17) is 0 Å². The second-order valence-corrected chi connectivity index (χ2v) is 10.3. The second-order valence-electron chi connectivity index (χ2n) is 10.3. The largest absolute Gasteiger partial charge is 0.294 e. The molecule has 1 aromatic rings. The number of Topliss-reactive ketones (excluding diaryl/α,β-unsaturated/α-hetero) is 1. The first-order chi connectivity index (χ1) is 16.0. The minimum atomic E-state index is -0.121. The molecule has 0 aliphatic heterocycles. The van der Waals surface area contributed by atoms with E-state index in [2.05, 4.69) is 63.8 Å². The van der Waals surface area contributed by atoms with Gasteiger partial charge in [0, 0.05) is 0 Å². The second kappa shape index (κ2) is 12.9.